The van der Waals surface area contributed by atoms with Gasteiger partial charge in [0.1, 0.15) is 5.75 Å². The molecule has 0 radical (unpaired) electrons. The Balaban J connectivity index is 1.53. The molecule has 0 atom stereocenters. The van der Waals surface area contributed by atoms with Crippen LogP contribution in [0.3, 0.4) is 0 Å². The minimum atomic E-state index is -4.75. The molecule has 0 bridgehead atoms. The zero-order valence-corrected chi connectivity index (χ0v) is 17.5. The van der Waals surface area contributed by atoms with Crippen molar-refractivity contribution in [1.29, 1.82) is 0 Å². The second kappa shape index (κ2) is 9.31. The molecule has 12 heteroatoms. The van der Waals surface area contributed by atoms with Crippen molar-refractivity contribution in [2.75, 3.05) is 26.3 Å². The second-order valence-electron chi connectivity index (χ2n) is 7.52. The van der Waals surface area contributed by atoms with Gasteiger partial charge in [-0.05, 0) is 30.5 Å². The van der Waals surface area contributed by atoms with Crippen LogP contribution in [0.4, 0.5) is 13.2 Å². The van der Waals surface area contributed by atoms with Gasteiger partial charge in [-0.3, -0.25) is 4.79 Å². The molecule has 0 amide bonds. The van der Waals surface area contributed by atoms with E-state index in [1.807, 2.05) is 0 Å². The molecule has 2 heterocycles. The van der Waals surface area contributed by atoms with Crippen molar-refractivity contribution in [2.24, 2.45) is 0 Å². The minimum absolute atomic E-state index is 0.0813. The molecule has 174 valence electrons. The summed E-state index contributed by atoms with van der Waals surface area (Å²) in [4.78, 5) is 11.8. The maximum absolute atomic E-state index is 13.1. The molecule has 0 saturated carbocycles. The molecule has 31 heavy (non-hydrogen) atoms. The van der Waals surface area contributed by atoms with Crippen molar-refractivity contribution in [3.8, 4) is 5.75 Å². The number of hydrogen-bond donors (Lipinski definition) is 1. The Morgan fingerprint density at radius 1 is 1.16 bits per heavy atom. The van der Waals surface area contributed by atoms with Crippen molar-refractivity contribution < 1.29 is 45.7 Å². The van der Waals surface area contributed by atoms with Crippen LogP contribution >= 0.6 is 0 Å². The molecule has 1 aromatic carbocycles. The van der Waals surface area contributed by atoms with Crippen LogP contribution in [0.1, 0.15) is 31.2 Å². The highest BCUT2D eigenvalue weighted by atomic mass is 32.2. The van der Waals surface area contributed by atoms with Gasteiger partial charge in [-0.1, -0.05) is 12.1 Å². The summed E-state index contributed by atoms with van der Waals surface area (Å²) in [6, 6.07) is 5.31. The predicted molar refractivity (Wildman–Crippen MR) is 102 cm³/mol. The molecular formula is C19H24F3NO7S. The number of benzene rings is 1. The van der Waals surface area contributed by atoms with Crippen molar-refractivity contribution in [1.82, 2.24) is 4.31 Å². The summed E-state index contributed by atoms with van der Waals surface area (Å²) in [7, 11) is -4.06. The lowest BCUT2D eigenvalue weighted by atomic mass is 9.99. The van der Waals surface area contributed by atoms with E-state index < -0.39 is 27.1 Å². The maximum Gasteiger partial charge on any atom is 0.573 e. The fourth-order valence-corrected chi connectivity index (χ4v) is 5.86. The largest absolute Gasteiger partial charge is 0.573 e. The normalized spacial score (nSPS) is 21.0. The van der Waals surface area contributed by atoms with Crippen LogP contribution in [-0.4, -0.2) is 67.3 Å². The van der Waals surface area contributed by atoms with Crippen LogP contribution < -0.4 is 4.74 Å². The summed E-state index contributed by atoms with van der Waals surface area (Å²) in [6.45, 7) is 0.596. The number of hydrogen-bond acceptors (Lipinski definition) is 6. The number of halogens is 3. The molecule has 0 unspecified atom stereocenters. The smallest absolute Gasteiger partial charge is 0.480 e. The van der Waals surface area contributed by atoms with Gasteiger partial charge in [0.25, 0.3) is 0 Å². The third kappa shape index (κ3) is 5.48. The average molecular weight is 467 g/mol. The first-order valence-electron chi connectivity index (χ1n) is 9.81. The van der Waals surface area contributed by atoms with Crippen LogP contribution in [-0.2, 0) is 30.9 Å². The van der Waals surface area contributed by atoms with Crippen LogP contribution in [0.25, 0.3) is 0 Å². The van der Waals surface area contributed by atoms with Gasteiger partial charge in [0, 0.05) is 39.1 Å². The number of nitrogens with zero attached hydrogens (tertiary/aromatic N) is 1. The molecule has 1 aromatic rings. The van der Waals surface area contributed by atoms with Gasteiger partial charge in [-0.2, -0.15) is 0 Å². The maximum atomic E-state index is 13.1. The van der Waals surface area contributed by atoms with Crippen molar-refractivity contribution in [3.63, 3.8) is 0 Å². The monoisotopic (exact) mass is 467 g/mol. The molecule has 2 aliphatic heterocycles. The predicted octanol–water partition coefficient (Wildman–Crippen LogP) is 2.53. The first-order valence-corrected chi connectivity index (χ1v) is 11.2. The topological polar surface area (TPSA) is 102 Å². The standard InChI is InChI=1S/C19H24F3NO7S/c20-19(21,22)30-16-3-1-14(2-4-16)13-29-15-5-9-23(10-6-15)31(26,27)18(17(24)25)7-11-28-12-8-18/h1-4,15H,5-13H2,(H,24,25). The highest BCUT2D eigenvalue weighted by Crippen LogP contribution is 2.34. The Labute approximate surface area is 177 Å². The lowest BCUT2D eigenvalue weighted by Gasteiger charge is -2.39. The summed E-state index contributed by atoms with van der Waals surface area (Å²) in [5.41, 5.74) is 0.650. The molecule has 3 rings (SSSR count). The highest BCUT2D eigenvalue weighted by molar-refractivity contribution is 7.91. The second-order valence-corrected chi connectivity index (χ2v) is 9.77. The highest BCUT2D eigenvalue weighted by Gasteiger charge is 2.54. The van der Waals surface area contributed by atoms with E-state index >= 15 is 0 Å². The minimum Gasteiger partial charge on any atom is -0.480 e. The van der Waals surface area contributed by atoms with Crippen LogP contribution in [0.15, 0.2) is 24.3 Å². The van der Waals surface area contributed by atoms with Gasteiger partial charge in [0.05, 0.1) is 12.7 Å². The fraction of sp³-hybridized carbons (Fsp3) is 0.632. The molecule has 2 saturated heterocycles. The van der Waals surface area contributed by atoms with Crippen LogP contribution in [0, 0.1) is 0 Å². The van der Waals surface area contributed by atoms with Gasteiger partial charge in [0.15, 0.2) is 4.75 Å². The third-order valence-electron chi connectivity index (χ3n) is 5.57. The third-order valence-corrected chi connectivity index (χ3v) is 8.18. The number of alkyl halides is 3. The van der Waals surface area contributed by atoms with Gasteiger partial charge >= 0.3 is 12.3 Å². The molecule has 2 aliphatic rings. The zero-order chi connectivity index (χ0) is 22.7. The Morgan fingerprint density at radius 3 is 2.26 bits per heavy atom. The van der Waals surface area contributed by atoms with Gasteiger partial charge in [0.2, 0.25) is 10.0 Å². The summed E-state index contributed by atoms with van der Waals surface area (Å²) in [5.74, 6) is -1.68. The summed E-state index contributed by atoms with van der Waals surface area (Å²) in [5, 5.41) is 9.64. The lowest BCUT2D eigenvalue weighted by molar-refractivity contribution is -0.274. The number of sulfonamides is 1. The van der Waals surface area contributed by atoms with Gasteiger partial charge in [-0.25, -0.2) is 12.7 Å². The van der Waals surface area contributed by atoms with E-state index in [-0.39, 0.29) is 57.6 Å². The summed E-state index contributed by atoms with van der Waals surface area (Å²) >= 11 is 0. The lowest BCUT2D eigenvalue weighted by Crippen LogP contribution is -2.57. The number of carbonyl (C=O) groups is 1. The van der Waals surface area contributed by atoms with E-state index in [9.17, 15) is 31.5 Å². The first-order chi connectivity index (χ1) is 14.5. The molecule has 8 nitrogen and oxygen atoms in total. The molecule has 2 fully saturated rings. The Hall–Kier alpha value is -1.89. The quantitative estimate of drug-likeness (QED) is 0.658. The van der Waals surface area contributed by atoms with E-state index in [0.29, 0.717) is 18.4 Å². The number of piperidine rings is 1. The van der Waals surface area contributed by atoms with Gasteiger partial charge in [-0.15, -0.1) is 13.2 Å². The molecule has 0 spiro atoms. The number of carboxylic acids is 1. The zero-order valence-electron chi connectivity index (χ0n) is 16.6. The van der Waals surface area contributed by atoms with Gasteiger partial charge < -0.3 is 19.3 Å². The van der Waals surface area contributed by atoms with E-state index in [1.165, 1.54) is 28.6 Å². The number of ether oxygens (including phenoxy) is 3. The molecule has 1 N–H and O–H groups in total. The summed E-state index contributed by atoms with van der Waals surface area (Å²) < 4.78 is 76.9. The average Bonchev–Trinajstić information content (AvgIpc) is 2.73. The summed E-state index contributed by atoms with van der Waals surface area (Å²) in [6.07, 6.45) is -4.39. The molecule has 0 aliphatic carbocycles. The van der Waals surface area contributed by atoms with Crippen molar-refractivity contribution in [2.45, 2.75) is 49.5 Å². The number of aliphatic carboxylic acids is 1. The van der Waals surface area contributed by atoms with E-state index in [4.69, 9.17) is 9.47 Å². The van der Waals surface area contributed by atoms with E-state index in [2.05, 4.69) is 4.74 Å². The Kier molecular flexibility index (Phi) is 7.14. The Morgan fingerprint density at radius 2 is 1.74 bits per heavy atom. The first kappa shape index (κ1) is 23.8. The van der Waals surface area contributed by atoms with Crippen molar-refractivity contribution >= 4 is 16.0 Å². The molecular weight excluding hydrogens is 443 g/mol. The van der Waals surface area contributed by atoms with Crippen LogP contribution in [0.5, 0.6) is 5.75 Å². The van der Waals surface area contributed by atoms with Crippen LogP contribution in [0.2, 0.25) is 0 Å². The van der Waals surface area contributed by atoms with E-state index in [1.54, 1.807) is 0 Å². The Bertz CT molecular complexity index is 859. The molecule has 0 aromatic heterocycles. The number of rotatable bonds is 7. The number of carboxylic acid groups (broad SMARTS) is 1. The SMILES string of the molecule is O=C(O)C1(S(=O)(=O)N2CCC(OCc3ccc(OC(F)(F)F)cc3)CC2)CCOCC1. The van der Waals surface area contributed by atoms with Crippen molar-refractivity contribution in [3.05, 3.63) is 29.8 Å². The van der Waals surface area contributed by atoms with E-state index in [0.717, 1.165) is 0 Å². The fourth-order valence-electron chi connectivity index (χ4n) is 3.77.